The SMILES string of the molecule is NCC1(CC(=O)N2CCCc3ccccc3C2)CCC1. The van der Waals surface area contributed by atoms with Crippen molar-refractivity contribution in [3.8, 4) is 0 Å². The van der Waals surface area contributed by atoms with E-state index in [1.165, 1.54) is 17.5 Å². The van der Waals surface area contributed by atoms with Gasteiger partial charge in [0.2, 0.25) is 5.91 Å². The quantitative estimate of drug-likeness (QED) is 0.919. The van der Waals surface area contributed by atoms with Crippen LogP contribution in [-0.4, -0.2) is 23.9 Å². The zero-order valence-corrected chi connectivity index (χ0v) is 12.1. The van der Waals surface area contributed by atoms with Gasteiger partial charge < -0.3 is 10.6 Å². The zero-order chi connectivity index (χ0) is 14.0. The number of fused-ring (bicyclic) bond motifs is 1. The molecule has 1 heterocycles. The fourth-order valence-electron chi connectivity index (χ4n) is 3.48. The van der Waals surface area contributed by atoms with Crippen LogP contribution in [0.3, 0.4) is 0 Å². The summed E-state index contributed by atoms with van der Waals surface area (Å²) in [4.78, 5) is 14.6. The summed E-state index contributed by atoms with van der Waals surface area (Å²) in [5.41, 5.74) is 8.71. The Hall–Kier alpha value is -1.35. The number of nitrogens with zero attached hydrogens (tertiary/aromatic N) is 1. The van der Waals surface area contributed by atoms with Gasteiger partial charge in [0.05, 0.1) is 0 Å². The molecule has 0 aromatic heterocycles. The van der Waals surface area contributed by atoms with Crippen molar-refractivity contribution >= 4 is 5.91 Å². The Labute approximate surface area is 121 Å². The minimum absolute atomic E-state index is 0.114. The lowest BCUT2D eigenvalue weighted by atomic mass is 9.66. The van der Waals surface area contributed by atoms with Gasteiger partial charge >= 0.3 is 0 Å². The van der Waals surface area contributed by atoms with Crippen LogP contribution in [0.1, 0.15) is 43.2 Å². The van der Waals surface area contributed by atoms with Crippen LogP contribution in [0.2, 0.25) is 0 Å². The smallest absolute Gasteiger partial charge is 0.223 e. The molecule has 0 saturated heterocycles. The summed E-state index contributed by atoms with van der Waals surface area (Å²) in [5, 5.41) is 0. The van der Waals surface area contributed by atoms with Gasteiger partial charge in [0.1, 0.15) is 0 Å². The average Bonchev–Trinajstić information content (AvgIpc) is 2.65. The van der Waals surface area contributed by atoms with Crippen molar-refractivity contribution in [2.75, 3.05) is 13.1 Å². The second-order valence-electron chi connectivity index (χ2n) is 6.42. The number of rotatable bonds is 3. The highest BCUT2D eigenvalue weighted by Crippen LogP contribution is 2.43. The van der Waals surface area contributed by atoms with Crippen molar-refractivity contribution < 1.29 is 4.79 Å². The summed E-state index contributed by atoms with van der Waals surface area (Å²) in [6, 6.07) is 8.51. The van der Waals surface area contributed by atoms with Gasteiger partial charge in [-0.3, -0.25) is 4.79 Å². The van der Waals surface area contributed by atoms with Crippen LogP contribution in [0.15, 0.2) is 24.3 Å². The fourth-order valence-corrected chi connectivity index (χ4v) is 3.48. The predicted molar refractivity (Wildman–Crippen MR) is 80.1 cm³/mol. The summed E-state index contributed by atoms with van der Waals surface area (Å²) >= 11 is 0. The average molecular weight is 272 g/mol. The standard InChI is InChI=1S/C17H24N2O/c18-13-17(8-4-9-17)11-16(20)19-10-3-7-14-5-1-2-6-15(14)12-19/h1-2,5-6H,3-4,7-13,18H2. The molecule has 1 aromatic rings. The molecule has 2 aliphatic rings. The van der Waals surface area contributed by atoms with Crippen LogP contribution in [-0.2, 0) is 17.8 Å². The van der Waals surface area contributed by atoms with E-state index in [-0.39, 0.29) is 5.41 Å². The summed E-state index contributed by atoms with van der Waals surface area (Å²) < 4.78 is 0. The lowest BCUT2D eigenvalue weighted by Gasteiger charge is -2.41. The van der Waals surface area contributed by atoms with E-state index in [1.807, 2.05) is 4.90 Å². The van der Waals surface area contributed by atoms with Crippen molar-refractivity contribution in [1.82, 2.24) is 4.90 Å². The number of hydrogen-bond acceptors (Lipinski definition) is 2. The molecule has 3 nitrogen and oxygen atoms in total. The maximum atomic E-state index is 12.6. The van der Waals surface area contributed by atoms with E-state index in [0.717, 1.165) is 38.8 Å². The topological polar surface area (TPSA) is 46.3 Å². The molecule has 0 bridgehead atoms. The number of nitrogens with two attached hydrogens (primary N) is 1. The van der Waals surface area contributed by atoms with Crippen LogP contribution < -0.4 is 5.73 Å². The molecule has 0 radical (unpaired) electrons. The van der Waals surface area contributed by atoms with E-state index in [2.05, 4.69) is 24.3 Å². The van der Waals surface area contributed by atoms with Crippen LogP contribution in [0.5, 0.6) is 0 Å². The van der Waals surface area contributed by atoms with Crippen LogP contribution in [0.4, 0.5) is 0 Å². The Morgan fingerprint density at radius 2 is 1.95 bits per heavy atom. The van der Waals surface area contributed by atoms with Crippen LogP contribution >= 0.6 is 0 Å². The van der Waals surface area contributed by atoms with Gasteiger partial charge in [-0.05, 0) is 48.8 Å². The number of carbonyl (C=O) groups excluding carboxylic acids is 1. The Morgan fingerprint density at radius 1 is 1.20 bits per heavy atom. The van der Waals surface area contributed by atoms with E-state index in [4.69, 9.17) is 5.73 Å². The summed E-state index contributed by atoms with van der Waals surface area (Å²) in [5.74, 6) is 0.298. The number of benzene rings is 1. The molecule has 1 amide bonds. The Kier molecular flexibility index (Phi) is 3.79. The van der Waals surface area contributed by atoms with E-state index in [9.17, 15) is 4.79 Å². The van der Waals surface area contributed by atoms with Crippen molar-refractivity contribution in [3.05, 3.63) is 35.4 Å². The van der Waals surface area contributed by atoms with Crippen molar-refractivity contribution in [2.24, 2.45) is 11.1 Å². The van der Waals surface area contributed by atoms with Gasteiger partial charge in [-0.15, -0.1) is 0 Å². The maximum absolute atomic E-state index is 12.6. The van der Waals surface area contributed by atoms with E-state index < -0.39 is 0 Å². The number of carbonyl (C=O) groups is 1. The maximum Gasteiger partial charge on any atom is 0.223 e. The van der Waals surface area contributed by atoms with Gasteiger partial charge in [-0.1, -0.05) is 30.7 Å². The molecule has 1 saturated carbocycles. The fraction of sp³-hybridized carbons (Fsp3) is 0.588. The molecule has 3 heteroatoms. The Morgan fingerprint density at radius 3 is 2.60 bits per heavy atom. The second kappa shape index (κ2) is 5.57. The lowest BCUT2D eigenvalue weighted by molar-refractivity contribution is -0.135. The molecule has 1 aliphatic carbocycles. The first-order valence-corrected chi connectivity index (χ1v) is 7.77. The molecule has 1 fully saturated rings. The number of hydrogen-bond donors (Lipinski definition) is 1. The highest BCUT2D eigenvalue weighted by Gasteiger charge is 2.38. The van der Waals surface area contributed by atoms with Crippen molar-refractivity contribution in [2.45, 2.75) is 45.1 Å². The third-order valence-corrected chi connectivity index (χ3v) is 5.08. The van der Waals surface area contributed by atoms with Gasteiger partial charge in [0.15, 0.2) is 0 Å². The first-order chi connectivity index (χ1) is 9.72. The molecule has 0 unspecified atom stereocenters. The molecule has 20 heavy (non-hydrogen) atoms. The first kappa shape index (κ1) is 13.6. The summed E-state index contributed by atoms with van der Waals surface area (Å²) in [7, 11) is 0. The largest absolute Gasteiger partial charge is 0.338 e. The highest BCUT2D eigenvalue weighted by atomic mass is 16.2. The number of aryl methyl sites for hydroxylation is 1. The lowest BCUT2D eigenvalue weighted by Crippen LogP contribution is -2.43. The molecular weight excluding hydrogens is 248 g/mol. The summed E-state index contributed by atoms with van der Waals surface area (Å²) in [6.45, 7) is 2.31. The zero-order valence-electron chi connectivity index (χ0n) is 12.1. The minimum atomic E-state index is 0.114. The van der Waals surface area contributed by atoms with Gasteiger partial charge in [0.25, 0.3) is 0 Å². The van der Waals surface area contributed by atoms with Crippen molar-refractivity contribution in [1.29, 1.82) is 0 Å². The molecular formula is C17H24N2O. The molecule has 1 aromatic carbocycles. The van der Waals surface area contributed by atoms with Crippen LogP contribution in [0, 0.1) is 5.41 Å². The minimum Gasteiger partial charge on any atom is -0.338 e. The predicted octanol–water partition coefficient (Wildman–Crippen LogP) is 2.48. The Bertz CT molecular complexity index is 488. The number of amides is 1. The third kappa shape index (κ3) is 2.59. The van der Waals surface area contributed by atoms with E-state index in [1.54, 1.807) is 0 Å². The van der Waals surface area contributed by atoms with Gasteiger partial charge in [0, 0.05) is 19.5 Å². The molecule has 2 N–H and O–H groups in total. The normalized spacial score (nSPS) is 20.8. The molecule has 0 atom stereocenters. The molecule has 0 spiro atoms. The monoisotopic (exact) mass is 272 g/mol. The Balaban J connectivity index is 1.69. The molecule has 108 valence electrons. The molecule has 3 rings (SSSR count). The second-order valence-corrected chi connectivity index (χ2v) is 6.42. The van der Waals surface area contributed by atoms with Gasteiger partial charge in [-0.2, -0.15) is 0 Å². The van der Waals surface area contributed by atoms with Crippen LogP contribution in [0.25, 0.3) is 0 Å². The van der Waals surface area contributed by atoms with Crippen molar-refractivity contribution in [3.63, 3.8) is 0 Å². The third-order valence-electron chi connectivity index (χ3n) is 5.08. The van der Waals surface area contributed by atoms with E-state index >= 15 is 0 Å². The first-order valence-electron chi connectivity index (χ1n) is 7.77. The highest BCUT2D eigenvalue weighted by molar-refractivity contribution is 5.77. The summed E-state index contributed by atoms with van der Waals surface area (Å²) in [6.07, 6.45) is 6.28. The molecule has 1 aliphatic heterocycles. The van der Waals surface area contributed by atoms with E-state index in [0.29, 0.717) is 18.9 Å². The van der Waals surface area contributed by atoms with Gasteiger partial charge in [-0.25, -0.2) is 0 Å².